The van der Waals surface area contributed by atoms with E-state index >= 15 is 0 Å². The molecule has 4 aromatic rings. The number of nitrogens with zero attached hydrogens (tertiary/aromatic N) is 3. The molecule has 1 aliphatic carbocycles. The molecule has 5 rings (SSSR count). The Kier molecular flexibility index (Phi) is 2.38. The van der Waals surface area contributed by atoms with E-state index in [1.807, 2.05) is 30.3 Å². The Balaban J connectivity index is 2.08. The van der Waals surface area contributed by atoms with Gasteiger partial charge >= 0.3 is 0 Å². The highest BCUT2D eigenvalue weighted by Gasteiger charge is 2.29. The number of fused-ring (bicyclic) bond motifs is 4. The van der Waals surface area contributed by atoms with Crippen LogP contribution in [0.15, 0.2) is 53.6 Å². The maximum Gasteiger partial charge on any atom is 0.250 e. The summed E-state index contributed by atoms with van der Waals surface area (Å²) in [5.74, 6) is -0.171. The molecule has 0 bridgehead atoms. The average molecular weight is 313 g/mol. The number of pyridine rings is 3. The Morgan fingerprint density at radius 2 is 1.79 bits per heavy atom. The Labute approximate surface area is 136 Å². The third-order valence-electron chi connectivity index (χ3n) is 4.56. The lowest BCUT2D eigenvalue weighted by atomic mass is 9.88. The van der Waals surface area contributed by atoms with Gasteiger partial charge in [0.25, 0.3) is 5.56 Å². The molecule has 0 radical (unpaired) electrons. The molecule has 5 heteroatoms. The van der Waals surface area contributed by atoms with Crippen LogP contribution in [0, 0.1) is 0 Å². The smallest absolute Gasteiger partial charge is 0.250 e. The van der Waals surface area contributed by atoms with Gasteiger partial charge in [-0.15, -0.1) is 0 Å². The summed E-state index contributed by atoms with van der Waals surface area (Å²) in [5.41, 5.74) is 2.76. The molecule has 3 aromatic heterocycles. The minimum Gasteiger partial charge on any atom is -0.318 e. The van der Waals surface area contributed by atoms with E-state index in [-0.39, 0.29) is 11.3 Å². The maximum absolute atomic E-state index is 12.9. The third kappa shape index (κ3) is 1.53. The fraction of sp³-hybridized carbons (Fsp3) is 0.0526. The first-order chi connectivity index (χ1) is 11.6. The number of hydrogen-bond acceptors (Lipinski definition) is 4. The molecular weight excluding hydrogens is 302 g/mol. The van der Waals surface area contributed by atoms with E-state index in [2.05, 4.69) is 4.98 Å². The predicted molar refractivity (Wildman–Crippen MR) is 91.2 cm³/mol. The first kappa shape index (κ1) is 13.1. The highest BCUT2D eigenvalue weighted by molar-refractivity contribution is 6.27. The number of hydrogen-bond donors (Lipinski definition) is 0. The normalized spacial score (nSPS) is 12.6. The van der Waals surface area contributed by atoms with Gasteiger partial charge in [0.1, 0.15) is 5.69 Å². The Morgan fingerprint density at radius 3 is 2.67 bits per heavy atom. The molecule has 0 N–H and O–H groups in total. The molecule has 0 amide bonds. The van der Waals surface area contributed by atoms with Crippen molar-refractivity contribution in [3.05, 3.63) is 70.4 Å². The maximum atomic E-state index is 12.9. The van der Waals surface area contributed by atoms with Crippen LogP contribution in [-0.2, 0) is 7.05 Å². The van der Waals surface area contributed by atoms with Crippen LogP contribution in [0.3, 0.4) is 0 Å². The number of carbonyl (C=O) groups is 1. The van der Waals surface area contributed by atoms with Gasteiger partial charge in [-0.25, -0.2) is 4.98 Å². The van der Waals surface area contributed by atoms with Crippen molar-refractivity contribution in [2.45, 2.75) is 0 Å². The van der Waals surface area contributed by atoms with Crippen molar-refractivity contribution in [3.63, 3.8) is 0 Å². The fourth-order valence-electron chi connectivity index (χ4n) is 3.40. The molecule has 114 valence electrons. The van der Waals surface area contributed by atoms with Crippen LogP contribution in [0.25, 0.3) is 32.9 Å². The van der Waals surface area contributed by atoms with Gasteiger partial charge in [0, 0.05) is 41.8 Å². The first-order valence-electron chi connectivity index (χ1n) is 7.58. The SMILES string of the molecule is Cn1cc2c(cc1=O)-c1nc3ccccc3c3ccnc(c13)C2=O. The summed E-state index contributed by atoms with van der Waals surface area (Å²) in [6, 6.07) is 11.2. The molecule has 0 aliphatic heterocycles. The Morgan fingerprint density at radius 1 is 0.958 bits per heavy atom. The zero-order valence-corrected chi connectivity index (χ0v) is 12.8. The van der Waals surface area contributed by atoms with Gasteiger partial charge in [-0.3, -0.25) is 14.6 Å². The van der Waals surface area contributed by atoms with Crippen molar-refractivity contribution in [1.82, 2.24) is 14.5 Å². The van der Waals surface area contributed by atoms with E-state index in [1.54, 1.807) is 19.4 Å². The number of rotatable bonds is 0. The first-order valence-corrected chi connectivity index (χ1v) is 7.58. The minimum atomic E-state index is -0.171. The molecule has 0 unspecified atom stereocenters. The topological polar surface area (TPSA) is 64.8 Å². The number of aryl methyl sites for hydroxylation is 1. The molecule has 0 spiro atoms. The van der Waals surface area contributed by atoms with E-state index < -0.39 is 0 Å². The molecule has 5 nitrogen and oxygen atoms in total. The summed E-state index contributed by atoms with van der Waals surface area (Å²) in [6.07, 6.45) is 3.22. The summed E-state index contributed by atoms with van der Waals surface area (Å²) in [4.78, 5) is 34.0. The van der Waals surface area contributed by atoms with Crippen LogP contribution in [0.2, 0.25) is 0 Å². The van der Waals surface area contributed by atoms with Crippen molar-refractivity contribution in [2.24, 2.45) is 7.05 Å². The lowest BCUT2D eigenvalue weighted by Crippen LogP contribution is -2.21. The standard InChI is InChI=1S/C19H11N3O2/c1-22-9-13-12(8-15(22)23)17-16-11(6-7-20-18(16)19(13)24)10-4-2-3-5-14(10)21-17/h2-9H,1H3. The average Bonchev–Trinajstić information content (AvgIpc) is 2.61. The summed E-state index contributed by atoms with van der Waals surface area (Å²) < 4.78 is 1.41. The van der Waals surface area contributed by atoms with E-state index in [0.717, 1.165) is 21.7 Å². The van der Waals surface area contributed by atoms with Crippen LogP contribution in [0.1, 0.15) is 16.1 Å². The second-order valence-electron chi connectivity index (χ2n) is 5.94. The van der Waals surface area contributed by atoms with Crippen LogP contribution in [0.4, 0.5) is 0 Å². The fourth-order valence-corrected chi connectivity index (χ4v) is 3.40. The molecule has 24 heavy (non-hydrogen) atoms. The molecule has 1 aliphatic rings. The summed E-state index contributed by atoms with van der Waals surface area (Å²) in [6.45, 7) is 0. The molecule has 0 saturated heterocycles. The van der Waals surface area contributed by atoms with Gasteiger partial charge in [-0.05, 0) is 17.5 Å². The monoisotopic (exact) mass is 313 g/mol. The number of para-hydroxylation sites is 1. The third-order valence-corrected chi connectivity index (χ3v) is 4.56. The van der Waals surface area contributed by atoms with Crippen molar-refractivity contribution in [3.8, 4) is 11.3 Å². The quantitative estimate of drug-likeness (QED) is 0.412. The molecule has 0 atom stereocenters. The second kappa shape index (κ2) is 4.35. The largest absolute Gasteiger partial charge is 0.318 e. The van der Waals surface area contributed by atoms with Gasteiger partial charge in [0.15, 0.2) is 0 Å². The van der Waals surface area contributed by atoms with Gasteiger partial charge in [0.2, 0.25) is 5.78 Å². The number of benzene rings is 1. The van der Waals surface area contributed by atoms with Crippen molar-refractivity contribution >= 4 is 27.5 Å². The van der Waals surface area contributed by atoms with E-state index in [1.165, 1.54) is 10.6 Å². The summed E-state index contributed by atoms with van der Waals surface area (Å²) in [7, 11) is 1.63. The Hall–Kier alpha value is -3.34. The molecule has 0 saturated carbocycles. The second-order valence-corrected chi connectivity index (χ2v) is 5.94. The van der Waals surface area contributed by atoms with Gasteiger partial charge < -0.3 is 4.57 Å². The highest BCUT2D eigenvalue weighted by Crippen LogP contribution is 2.39. The summed E-state index contributed by atoms with van der Waals surface area (Å²) >= 11 is 0. The zero-order chi connectivity index (χ0) is 16.4. The van der Waals surface area contributed by atoms with E-state index in [0.29, 0.717) is 22.5 Å². The molecule has 3 heterocycles. The van der Waals surface area contributed by atoms with Crippen LogP contribution in [-0.4, -0.2) is 20.3 Å². The zero-order valence-electron chi connectivity index (χ0n) is 12.8. The van der Waals surface area contributed by atoms with Crippen molar-refractivity contribution in [1.29, 1.82) is 0 Å². The predicted octanol–water partition coefficient (Wildman–Crippen LogP) is 2.69. The van der Waals surface area contributed by atoms with Gasteiger partial charge in [0.05, 0.1) is 16.8 Å². The molecular formula is C19H11N3O2. The highest BCUT2D eigenvalue weighted by atomic mass is 16.1. The number of ketones is 1. The number of aromatic nitrogens is 3. The van der Waals surface area contributed by atoms with E-state index in [9.17, 15) is 9.59 Å². The van der Waals surface area contributed by atoms with Crippen LogP contribution in [0.5, 0.6) is 0 Å². The molecule has 1 aromatic carbocycles. The minimum absolute atomic E-state index is 0.169. The van der Waals surface area contributed by atoms with Crippen molar-refractivity contribution < 1.29 is 4.79 Å². The van der Waals surface area contributed by atoms with E-state index in [4.69, 9.17) is 4.98 Å². The van der Waals surface area contributed by atoms with Crippen LogP contribution >= 0.6 is 0 Å². The summed E-state index contributed by atoms with van der Waals surface area (Å²) in [5, 5.41) is 2.63. The Bertz CT molecular complexity index is 1250. The van der Waals surface area contributed by atoms with Crippen molar-refractivity contribution in [2.75, 3.05) is 0 Å². The van der Waals surface area contributed by atoms with Crippen LogP contribution < -0.4 is 5.56 Å². The molecule has 0 fully saturated rings. The van der Waals surface area contributed by atoms with Gasteiger partial charge in [-0.1, -0.05) is 18.2 Å². The lowest BCUT2D eigenvalue weighted by molar-refractivity contribution is 0.103. The number of carbonyl (C=O) groups excluding carboxylic acids is 1. The van der Waals surface area contributed by atoms with Gasteiger partial charge in [-0.2, -0.15) is 0 Å². The lowest BCUT2D eigenvalue weighted by Gasteiger charge is -2.19.